The molecule has 1 aromatic rings. The topological polar surface area (TPSA) is 25.8 Å². The first-order chi connectivity index (χ1) is 6.17. The van der Waals surface area contributed by atoms with Gasteiger partial charge in [-0.05, 0) is 44.7 Å². The van der Waals surface area contributed by atoms with E-state index < -0.39 is 0 Å². The summed E-state index contributed by atoms with van der Waals surface area (Å²) in [6.07, 6.45) is 2.17. The molecule has 0 saturated heterocycles. The van der Waals surface area contributed by atoms with E-state index in [1.165, 1.54) is 0 Å². The molecule has 0 aromatic carbocycles. The summed E-state index contributed by atoms with van der Waals surface area (Å²) in [5.74, 6) is 1.39. The zero-order valence-corrected chi connectivity index (χ0v) is 10.9. The van der Waals surface area contributed by atoms with E-state index in [0.29, 0.717) is 5.92 Å². The van der Waals surface area contributed by atoms with Gasteiger partial charge in [0, 0.05) is 12.0 Å². The van der Waals surface area contributed by atoms with E-state index in [2.05, 4.69) is 55.7 Å². The van der Waals surface area contributed by atoms with Crippen molar-refractivity contribution in [2.45, 2.75) is 32.6 Å². The molecule has 1 aromatic heterocycles. The van der Waals surface area contributed by atoms with Crippen molar-refractivity contribution < 1.29 is 0 Å². The standard InChI is InChI=1S/C9H12Br2N2/c1-3-6(4-2)9-12-7(10)5-8(11)13-9/h5-6H,3-4H2,1-2H3. The monoisotopic (exact) mass is 306 g/mol. The van der Waals surface area contributed by atoms with Crippen LogP contribution in [0.15, 0.2) is 15.3 Å². The van der Waals surface area contributed by atoms with Gasteiger partial charge in [0.25, 0.3) is 0 Å². The lowest BCUT2D eigenvalue weighted by Crippen LogP contribution is -2.02. The molecule has 1 rings (SSSR count). The van der Waals surface area contributed by atoms with Crippen molar-refractivity contribution in [3.05, 3.63) is 21.1 Å². The Balaban J connectivity index is 2.99. The fourth-order valence-corrected chi connectivity index (χ4v) is 2.35. The van der Waals surface area contributed by atoms with Gasteiger partial charge in [-0.1, -0.05) is 13.8 Å². The average Bonchev–Trinajstić information content (AvgIpc) is 2.04. The van der Waals surface area contributed by atoms with Crippen LogP contribution in [0.3, 0.4) is 0 Å². The Hall–Kier alpha value is 0.0400. The van der Waals surface area contributed by atoms with Crippen LogP contribution in [0.1, 0.15) is 38.4 Å². The van der Waals surface area contributed by atoms with E-state index in [1.54, 1.807) is 0 Å². The van der Waals surface area contributed by atoms with E-state index in [1.807, 2.05) is 6.07 Å². The van der Waals surface area contributed by atoms with Crippen LogP contribution in [0.5, 0.6) is 0 Å². The number of rotatable bonds is 3. The van der Waals surface area contributed by atoms with Crippen LogP contribution in [0, 0.1) is 0 Å². The molecule has 0 radical (unpaired) electrons. The Morgan fingerprint density at radius 1 is 1.15 bits per heavy atom. The van der Waals surface area contributed by atoms with Gasteiger partial charge in [0.2, 0.25) is 0 Å². The SMILES string of the molecule is CCC(CC)c1nc(Br)cc(Br)n1. The summed E-state index contributed by atoms with van der Waals surface area (Å²) >= 11 is 6.72. The van der Waals surface area contributed by atoms with Gasteiger partial charge in [0.15, 0.2) is 0 Å². The van der Waals surface area contributed by atoms with Gasteiger partial charge < -0.3 is 0 Å². The van der Waals surface area contributed by atoms with Crippen LogP contribution in [0.25, 0.3) is 0 Å². The second kappa shape index (κ2) is 5.05. The Labute approximate surface area is 95.4 Å². The maximum atomic E-state index is 4.35. The highest BCUT2D eigenvalue weighted by atomic mass is 79.9. The third kappa shape index (κ3) is 3.02. The minimum Gasteiger partial charge on any atom is -0.226 e. The third-order valence-electron chi connectivity index (χ3n) is 2.03. The number of hydrogen-bond donors (Lipinski definition) is 0. The minimum atomic E-state index is 0.466. The quantitative estimate of drug-likeness (QED) is 0.791. The average molecular weight is 308 g/mol. The molecule has 0 aliphatic heterocycles. The summed E-state index contributed by atoms with van der Waals surface area (Å²) in [6, 6.07) is 1.85. The van der Waals surface area contributed by atoms with Gasteiger partial charge in [-0.15, -0.1) is 0 Å². The van der Waals surface area contributed by atoms with E-state index in [0.717, 1.165) is 27.9 Å². The van der Waals surface area contributed by atoms with Gasteiger partial charge in [-0.25, -0.2) is 9.97 Å². The summed E-state index contributed by atoms with van der Waals surface area (Å²) in [7, 11) is 0. The Kier molecular flexibility index (Phi) is 4.32. The lowest BCUT2D eigenvalue weighted by Gasteiger charge is -2.10. The van der Waals surface area contributed by atoms with Crippen molar-refractivity contribution >= 4 is 31.9 Å². The highest BCUT2D eigenvalue weighted by Crippen LogP contribution is 2.22. The number of halogens is 2. The summed E-state index contributed by atoms with van der Waals surface area (Å²) in [5, 5.41) is 0. The Morgan fingerprint density at radius 3 is 2.00 bits per heavy atom. The molecule has 0 amide bonds. The van der Waals surface area contributed by atoms with Crippen LogP contribution < -0.4 is 0 Å². The second-order valence-electron chi connectivity index (χ2n) is 2.89. The molecule has 0 unspecified atom stereocenters. The first kappa shape index (κ1) is 11.1. The van der Waals surface area contributed by atoms with Crippen molar-refractivity contribution in [2.24, 2.45) is 0 Å². The summed E-state index contributed by atoms with van der Waals surface area (Å²) in [4.78, 5) is 8.70. The normalized spacial score (nSPS) is 10.8. The van der Waals surface area contributed by atoms with E-state index >= 15 is 0 Å². The smallest absolute Gasteiger partial charge is 0.133 e. The predicted molar refractivity (Wildman–Crippen MR) is 60.8 cm³/mol. The molecule has 0 fully saturated rings. The van der Waals surface area contributed by atoms with Gasteiger partial charge in [-0.3, -0.25) is 0 Å². The number of aromatic nitrogens is 2. The third-order valence-corrected chi connectivity index (χ3v) is 2.84. The highest BCUT2D eigenvalue weighted by Gasteiger charge is 2.11. The van der Waals surface area contributed by atoms with E-state index in [4.69, 9.17) is 0 Å². The largest absolute Gasteiger partial charge is 0.226 e. The molecule has 0 bridgehead atoms. The van der Waals surface area contributed by atoms with Crippen LogP contribution in [0.4, 0.5) is 0 Å². The van der Waals surface area contributed by atoms with Crippen LogP contribution in [-0.4, -0.2) is 9.97 Å². The number of nitrogens with zero attached hydrogens (tertiary/aromatic N) is 2. The van der Waals surface area contributed by atoms with Crippen molar-refractivity contribution in [1.29, 1.82) is 0 Å². The zero-order valence-electron chi connectivity index (χ0n) is 7.72. The van der Waals surface area contributed by atoms with Gasteiger partial charge >= 0.3 is 0 Å². The molecule has 0 saturated carbocycles. The van der Waals surface area contributed by atoms with Crippen molar-refractivity contribution in [3.8, 4) is 0 Å². The lowest BCUT2D eigenvalue weighted by atomic mass is 10.0. The van der Waals surface area contributed by atoms with Gasteiger partial charge in [-0.2, -0.15) is 0 Å². The fraction of sp³-hybridized carbons (Fsp3) is 0.556. The summed E-state index contributed by atoms with van der Waals surface area (Å²) in [5.41, 5.74) is 0. The minimum absolute atomic E-state index is 0.466. The van der Waals surface area contributed by atoms with Crippen molar-refractivity contribution in [1.82, 2.24) is 9.97 Å². The molecule has 0 aliphatic carbocycles. The van der Waals surface area contributed by atoms with Gasteiger partial charge in [0.1, 0.15) is 15.0 Å². The Bertz CT molecular complexity index is 265. The molecule has 4 heteroatoms. The predicted octanol–water partition coefficient (Wildman–Crippen LogP) is 3.91. The van der Waals surface area contributed by atoms with E-state index in [-0.39, 0.29) is 0 Å². The number of hydrogen-bond acceptors (Lipinski definition) is 2. The molecule has 0 aliphatic rings. The van der Waals surface area contributed by atoms with Crippen LogP contribution in [-0.2, 0) is 0 Å². The first-order valence-corrected chi connectivity index (χ1v) is 5.96. The molecule has 0 N–H and O–H groups in total. The molecule has 13 heavy (non-hydrogen) atoms. The fourth-order valence-electron chi connectivity index (χ4n) is 1.24. The molecular formula is C9H12Br2N2. The molecule has 0 atom stereocenters. The maximum Gasteiger partial charge on any atom is 0.133 e. The van der Waals surface area contributed by atoms with Crippen molar-refractivity contribution in [3.63, 3.8) is 0 Å². The summed E-state index contributed by atoms with van der Waals surface area (Å²) < 4.78 is 1.69. The summed E-state index contributed by atoms with van der Waals surface area (Å²) in [6.45, 7) is 4.32. The molecule has 72 valence electrons. The highest BCUT2D eigenvalue weighted by molar-refractivity contribution is 9.11. The Morgan fingerprint density at radius 2 is 1.62 bits per heavy atom. The lowest BCUT2D eigenvalue weighted by molar-refractivity contribution is 0.598. The molecule has 2 nitrogen and oxygen atoms in total. The van der Waals surface area contributed by atoms with E-state index in [9.17, 15) is 0 Å². The molecule has 0 spiro atoms. The first-order valence-electron chi connectivity index (χ1n) is 4.37. The zero-order chi connectivity index (χ0) is 9.84. The molecule has 1 heterocycles. The van der Waals surface area contributed by atoms with Gasteiger partial charge in [0.05, 0.1) is 0 Å². The molecular weight excluding hydrogens is 296 g/mol. The van der Waals surface area contributed by atoms with Crippen LogP contribution in [0.2, 0.25) is 0 Å². The maximum absolute atomic E-state index is 4.35. The van der Waals surface area contributed by atoms with Crippen LogP contribution >= 0.6 is 31.9 Å². The van der Waals surface area contributed by atoms with Crippen molar-refractivity contribution in [2.75, 3.05) is 0 Å². The second-order valence-corrected chi connectivity index (χ2v) is 4.51.